The third-order valence-corrected chi connectivity index (χ3v) is 14.6. The molecule has 6 heteroatoms. The van der Waals surface area contributed by atoms with Crippen molar-refractivity contribution in [3.63, 3.8) is 0 Å². The average molecular weight is 1150 g/mol. The molecule has 0 rings (SSSR count). The predicted molar refractivity (Wildman–Crippen MR) is 362 cm³/mol. The van der Waals surface area contributed by atoms with Gasteiger partial charge in [0.25, 0.3) is 0 Å². The number of ether oxygens (including phenoxy) is 3. The molecule has 0 aliphatic carbocycles. The second-order valence-electron chi connectivity index (χ2n) is 22.7. The van der Waals surface area contributed by atoms with Gasteiger partial charge in [-0.15, -0.1) is 0 Å². The van der Waals surface area contributed by atoms with E-state index in [2.05, 4.69) is 154 Å². The molecule has 0 amide bonds. The molecule has 1 atom stereocenters. The molecule has 0 aromatic heterocycles. The summed E-state index contributed by atoms with van der Waals surface area (Å²) in [5, 5.41) is 0. The van der Waals surface area contributed by atoms with E-state index in [9.17, 15) is 14.4 Å². The lowest BCUT2D eigenvalue weighted by Gasteiger charge is -2.18. The number of unbranched alkanes of at least 4 members (excludes halogenated alkanes) is 29. The van der Waals surface area contributed by atoms with Crippen LogP contribution in [-0.2, 0) is 28.6 Å². The van der Waals surface area contributed by atoms with Gasteiger partial charge < -0.3 is 14.2 Å². The maximum atomic E-state index is 12.9. The molecule has 0 bridgehead atoms. The van der Waals surface area contributed by atoms with E-state index in [0.717, 1.165) is 148 Å². The third kappa shape index (κ3) is 68.2. The molecule has 0 aromatic rings. The smallest absolute Gasteiger partial charge is 0.306 e. The van der Waals surface area contributed by atoms with Gasteiger partial charge in [-0.05, 0) is 122 Å². The van der Waals surface area contributed by atoms with Gasteiger partial charge >= 0.3 is 17.9 Å². The molecule has 0 heterocycles. The Morgan fingerprint density at radius 3 is 0.735 bits per heavy atom. The van der Waals surface area contributed by atoms with E-state index < -0.39 is 6.10 Å². The number of carbonyl (C=O) groups excluding carboxylic acids is 3. The molecule has 0 aromatic carbocycles. The molecule has 0 spiro atoms. The molecule has 83 heavy (non-hydrogen) atoms. The summed E-state index contributed by atoms with van der Waals surface area (Å²) in [6.07, 6.45) is 98.9. The second kappa shape index (κ2) is 70.0. The zero-order valence-electron chi connectivity index (χ0n) is 54.2. The fourth-order valence-corrected chi connectivity index (χ4v) is 9.47. The van der Waals surface area contributed by atoms with Crippen LogP contribution < -0.4 is 0 Å². The molecule has 0 N–H and O–H groups in total. The Morgan fingerprint density at radius 1 is 0.253 bits per heavy atom. The van der Waals surface area contributed by atoms with Gasteiger partial charge in [0.1, 0.15) is 13.2 Å². The summed E-state index contributed by atoms with van der Waals surface area (Å²) in [5.74, 6) is -0.909. The van der Waals surface area contributed by atoms with Gasteiger partial charge in [-0.3, -0.25) is 14.4 Å². The molecule has 0 saturated heterocycles. The van der Waals surface area contributed by atoms with Crippen LogP contribution in [0.3, 0.4) is 0 Å². The lowest BCUT2D eigenvalue weighted by Crippen LogP contribution is -2.30. The van der Waals surface area contributed by atoms with Crippen LogP contribution in [0.4, 0.5) is 0 Å². The van der Waals surface area contributed by atoms with E-state index >= 15 is 0 Å². The van der Waals surface area contributed by atoms with Crippen LogP contribution in [0.2, 0.25) is 0 Å². The predicted octanol–water partition coefficient (Wildman–Crippen LogP) is 24.1. The fourth-order valence-electron chi connectivity index (χ4n) is 9.47. The van der Waals surface area contributed by atoms with Gasteiger partial charge in [-0.2, -0.15) is 0 Å². The van der Waals surface area contributed by atoms with Crippen molar-refractivity contribution < 1.29 is 28.6 Å². The van der Waals surface area contributed by atoms with Crippen molar-refractivity contribution in [1.29, 1.82) is 0 Å². The van der Waals surface area contributed by atoms with Crippen LogP contribution in [0, 0.1) is 0 Å². The number of allylic oxidation sites excluding steroid dienone is 22. The van der Waals surface area contributed by atoms with Crippen molar-refractivity contribution >= 4 is 17.9 Å². The largest absolute Gasteiger partial charge is 0.462 e. The van der Waals surface area contributed by atoms with Gasteiger partial charge in [0.15, 0.2) is 6.10 Å². The minimum absolute atomic E-state index is 0.0886. The summed E-state index contributed by atoms with van der Waals surface area (Å²) >= 11 is 0. The fraction of sp³-hybridized carbons (Fsp3) is 0.675. The Morgan fingerprint density at radius 2 is 0.470 bits per heavy atom. The SMILES string of the molecule is CC/C=C\C/C=C\C/C=C\C/C=C\C/C=C\C/C=C\C/C=C\C/C=C\CCCCCCCCC(=O)OCC(COC(=O)CCCCCCCCCCCCCCC)OC(=O)CCCCCCCC/C=C\C/C=C\C/C=C\CCCCCCC. The minimum atomic E-state index is -0.796. The highest BCUT2D eigenvalue weighted by molar-refractivity contribution is 5.71. The summed E-state index contributed by atoms with van der Waals surface area (Å²) in [6.45, 7) is 6.51. The Kier molecular flexibility index (Phi) is 66.3. The molecule has 0 aliphatic heterocycles. The number of esters is 3. The molecule has 0 radical (unpaired) electrons. The molecule has 0 fully saturated rings. The summed E-state index contributed by atoms with van der Waals surface area (Å²) in [5.41, 5.74) is 0. The summed E-state index contributed by atoms with van der Waals surface area (Å²) in [7, 11) is 0. The van der Waals surface area contributed by atoms with Crippen LogP contribution in [-0.4, -0.2) is 37.2 Å². The van der Waals surface area contributed by atoms with Crippen molar-refractivity contribution in [2.45, 2.75) is 322 Å². The molecular weight excluding hydrogens is 1020 g/mol. The first kappa shape index (κ1) is 78.5. The maximum absolute atomic E-state index is 12.9. The van der Waals surface area contributed by atoms with E-state index in [1.54, 1.807) is 0 Å². The topological polar surface area (TPSA) is 78.9 Å². The van der Waals surface area contributed by atoms with Crippen LogP contribution in [0.25, 0.3) is 0 Å². The Balaban J connectivity index is 4.37. The van der Waals surface area contributed by atoms with E-state index in [0.29, 0.717) is 19.3 Å². The maximum Gasteiger partial charge on any atom is 0.306 e. The van der Waals surface area contributed by atoms with E-state index in [1.165, 1.54) is 128 Å². The van der Waals surface area contributed by atoms with Gasteiger partial charge in [-0.25, -0.2) is 0 Å². The standard InChI is InChI=1S/C77H128O6/c1-4-7-10-13-16-19-22-25-27-29-31-33-34-35-36-37-38-39-40-41-42-44-45-47-49-52-55-58-61-64-67-70-76(79)82-73-74(72-81-75(78)69-66-63-60-57-54-51-24-21-18-15-12-9-6-3)83-77(80)71-68-65-62-59-56-53-50-48-46-43-32-30-28-26-23-20-17-14-11-8-5-2/h7,10,16,19,23,25-27,30-33,35-36,38-39,41-42,45-48,74H,4-6,8-9,11-15,17-18,20-22,24,28-29,34,37,40,43-44,49-73H2,1-3H3/b10-7-,19-16-,26-23-,27-25-,32-30-,33-31-,36-35-,39-38-,42-41-,47-45-,48-46-. The normalized spacial score (nSPS) is 13.0. The first-order valence-corrected chi connectivity index (χ1v) is 34.7. The summed E-state index contributed by atoms with van der Waals surface area (Å²) in [4.78, 5) is 38.4. The van der Waals surface area contributed by atoms with Crippen LogP contribution in [0.5, 0.6) is 0 Å². The zero-order valence-corrected chi connectivity index (χ0v) is 54.2. The van der Waals surface area contributed by atoms with Crippen molar-refractivity contribution in [3.8, 4) is 0 Å². The summed E-state index contributed by atoms with van der Waals surface area (Å²) in [6, 6.07) is 0. The first-order valence-electron chi connectivity index (χ1n) is 34.7. The second-order valence-corrected chi connectivity index (χ2v) is 22.7. The molecule has 472 valence electrons. The van der Waals surface area contributed by atoms with Crippen molar-refractivity contribution in [3.05, 3.63) is 134 Å². The minimum Gasteiger partial charge on any atom is -0.462 e. The van der Waals surface area contributed by atoms with E-state index in [4.69, 9.17) is 14.2 Å². The first-order chi connectivity index (χ1) is 41.0. The number of rotatable bonds is 62. The van der Waals surface area contributed by atoms with Crippen molar-refractivity contribution in [1.82, 2.24) is 0 Å². The Hall–Kier alpha value is -4.45. The monoisotopic (exact) mass is 1150 g/mol. The molecule has 0 aliphatic rings. The number of hydrogen-bond donors (Lipinski definition) is 0. The molecular formula is C77H128O6. The Bertz CT molecular complexity index is 1750. The van der Waals surface area contributed by atoms with Crippen molar-refractivity contribution in [2.24, 2.45) is 0 Å². The number of hydrogen-bond acceptors (Lipinski definition) is 6. The zero-order chi connectivity index (χ0) is 59.9. The highest BCUT2D eigenvalue weighted by Gasteiger charge is 2.19. The lowest BCUT2D eigenvalue weighted by molar-refractivity contribution is -0.167. The van der Waals surface area contributed by atoms with Crippen LogP contribution in [0.1, 0.15) is 316 Å². The van der Waals surface area contributed by atoms with Crippen LogP contribution in [0.15, 0.2) is 134 Å². The van der Waals surface area contributed by atoms with Gasteiger partial charge in [0.05, 0.1) is 0 Å². The number of carbonyl (C=O) groups is 3. The van der Waals surface area contributed by atoms with E-state index in [1.807, 2.05) is 0 Å². The van der Waals surface area contributed by atoms with Crippen molar-refractivity contribution in [2.75, 3.05) is 13.2 Å². The average Bonchev–Trinajstić information content (AvgIpc) is 3.49. The highest BCUT2D eigenvalue weighted by atomic mass is 16.6. The van der Waals surface area contributed by atoms with Gasteiger partial charge in [-0.1, -0.05) is 309 Å². The van der Waals surface area contributed by atoms with Gasteiger partial charge in [0, 0.05) is 19.3 Å². The molecule has 1 unspecified atom stereocenters. The lowest BCUT2D eigenvalue weighted by atomic mass is 10.0. The summed E-state index contributed by atoms with van der Waals surface area (Å²) < 4.78 is 16.9. The molecule has 6 nitrogen and oxygen atoms in total. The third-order valence-electron chi connectivity index (χ3n) is 14.6. The van der Waals surface area contributed by atoms with Crippen LogP contribution >= 0.6 is 0 Å². The quantitative estimate of drug-likeness (QED) is 0.0261. The van der Waals surface area contributed by atoms with E-state index in [-0.39, 0.29) is 31.1 Å². The molecule has 0 saturated carbocycles. The Labute approximate surface area is 513 Å². The highest BCUT2D eigenvalue weighted by Crippen LogP contribution is 2.16. The van der Waals surface area contributed by atoms with Gasteiger partial charge in [0.2, 0.25) is 0 Å².